The highest BCUT2D eigenvalue weighted by Gasteiger charge is 2.11. The average molecular weight is 233 g/mol. The van der Waals surface area contributed by atoms with E-state index in [0.717, 1.165) is 5.56 Å². The summed E-state index contributed by atoms with van der Waals surface area (Å²) in [5, 5.41) is 2.26. The average Bonchev–Trinajstić information content (AvgIpc) is 2.11. The summed E-state index contributed by atoms with van der Waals surface area (Å²) < 4.78 is 0. The Bertz CT molecular complexity index is 353. The second-order valence-corrected chi connectivity index (χ2v) is 3.97. The van der Waals surface area contributed by atoms with Crippen LogP contribution in [0.2, 0.25) is 5.15 Å². The van der Waals surface area contributed by atoms with E-state index in [1.807, 2.05) is 6.92 Å². The summed E-state index contributed by atoms with van der Waals surface area (Å²) in [6, 6.07) is 1.74. The number of carbonyl (C=O) groups excluding carboxylic acids is 1. The summed E-state index contributed by atoms with van der Waals surface area (Å²) in [5.41, 5.74) is 1.41. The molecule has 0 aliphatic heterocycles. The lowest BCUT2D eigenvalue weighted by Crippen LogP contribution is -2.20. The molecule has 3 nitrogen and oxygen atoms in total. The monoisotopic (exact) mass is 232 g/mol. The predicted molar refractivity (Wildman–Crippen MR) is 57.9 cm³/mol. The highest BCUT2D eigenvalue weighted by atomic mass is 35.5. The number of anilines is 1. The van der Waals surface area contributed by atoms with E-state index in [4.69, 9.17) is 23.2 Å². The van der Waals surface area contributed by atoms with E-state index in [2.05, 4.69) is 10.3 Å². The van der Waals surface area contributed by atoms with E-state index in [0.29, 0.717) is 5.69 Å². The van der Waals surface area contributed by atoms with Crippen molar-refractivity contribution < 1.29 is 4.79 Å². The number of halogens is 2. The molecule has 0 fully saturated rings. The van der Waals surface area contributed by atoms with Gasteiger partial charge in [0.15, 0.2) is 5.15 Å². The molecule has 1 aromatic rings. The minimum atomic E-state index is -0.591. The van der Waals surface area contributed by atoms with Crippen LogP contribution in [-0.4, -0.2) is 16.3 Å². The first-order chi connectivity index (χ1) is 6.50. The second-order valence-electron chi connectivity index (χ2n) is 2.96. The van der Waals surface area contributed by atoms with Crippen molar-refractivity contribution in [2.24, 2.45) is 0 Å². The van der Waals surface area contributed by atoms with Gasteiger partial charge in [0.25, 0.3) is 0 Å². The van der Waals surface area contributed by atoms with Gasteiger partial charge in [-0.25, -0.2) is 4.98 Å². The molecule has 0 saturated carbocycles. The van der Waals surface area contributed by atoms with Gasteiger partial charge in [0.05, 0.1) is 5.69 Å². The van der Waals surface area contributed by atoms with Crippen LogP contribution < -0.4 is 5.32 Å². The van der Waals surface area contributed by atoms with Crippen LogP contribution in [0.5, 0.6) is 0 Å². The van der Waals surface area contributed by atoms with Gasteiger partial charge < -0.3 is 5.32 Å². The maximum atomic E-state index is 11.2. The lowest BCUT2D eigenvalue weighted by atomic mass is 10.3. The molecular formula is C9H10Cl2N2O. The summed E-state index contributed by atoms with van der Waals surface area (Å²) in [6.45, 7) is 3.46. The zero-order chi connectivity index (χ0) is 10.7. The minimum absolute atomic E-state index is 0.265. The summed E-state index contributed by atoms with van der Waals surface area (Å²) in [5.74, 6) is -0.291. The van der Waals surface area contributed by atoms with Crippen molar-refractivity contribution >= 4 is 34.8 Å². The molecule has 1 rings (SSSR count). The number of hydrogen-bond donors (Lipinski definition) is 1. The number of rotatable bonds is 2. The predicted octanol–water partition coefficient (Wildman–Crippen LogP) is 2.61. The van der Waals surface area contributed by atoms with Crippen molar-refractivity contribution in [2.75, 3.05) is 5.32 Å². The third kappa shape index (κ3) is 2.86. The third-order valence-electron chi connectivity index (χ3n) is 1.59. The van der Waals surface area contributed by atoms with Crippen LogP contribution >= 0.6 is 23.2 Å². The molecule has 0 aromatic carbocycles. The number of nitrogens with one attached hydrogen (secondary N) is 1. The number of alkyl halides is 1. The summed E-state index contributed by atoms with van der Waals surface area (Å²) in [4.78, 5) is 15.1. The molecule has 0 radical (unpaired) electrons. The smallest absolute Gasteiger partial charge is 0.242 e. The zero-order valence-electron chi connectivity index (χ0n) is 7.84. The number of hydrogen-bond acceptors (Lipinski definition) is 2. The van der Waals surface area contributed by atoms with Crippen LogP contribution in [0.4, 0.5) is 5.69 Å². The van der Waals surface area contributed by atoms with Crippen molar-refractivity contribution in [3.05, 3.63) is 23.0 Å². The number of amides is 1. The van der Waals surface area contributed by atoms with E-state index in [-0.39, 0.29) is 11.1 Å². The molecule has 1 unspecified atom stereocenters. The first kappa shape index (κ1) is 11.3. The topological polar surface area (TPSA) is 42.0 Å². The fourth-order valence-corrected chi connectivity index (χ4v) is 1.08. The van der Waals surface area contributed by atoms with Gasteiger partial charge in [-0.05, 0) is 25.5 Å². The van der Waals surface area contributed by atoms with E-state index >= 15 is 0 Å². The number of carbonyl (C=O) groups is 1. The molecular weight excluding hydrogens is 223 g/mol. The van der Waals surface area contributed by atoms with Crippen molar-refractivity contribution in [3.8, 4) is 0 Å². The molecule has 1 atom stereocenters. The molecule has 14 heavy (non-hydrogen) atoms. The first-order valence-corrected chi connectivity index (χ1v) is 4.89. The molecule has 1 aromatic heterocycles. The van der Waals surface area contributed by atoms with Crippen LogP contribution in [-0.2, 0) is 4.79 Å². The molecule has 0 bridgehead atoms. The summed E-state index contributed by atoms with van der Waals surface area (Å²) in [6.07, 6.45) is 1.63. The zero-order valence-corrected chi connectivity index (χ0v) is 9.36. The van der Waals surface area contributed by atoms with E-state index in [9.17, 15) is 4.79 Å². The number of aryl methyl sites for hydroxylation is 1. The Morgan fingerprint density at radius 3 is 2.86 bits per heavy atom. The fraction of sp³-hybridized carbons (Fsp3) is 0.333. The quantitative estimate of drug-likeness (QED) is 0.630. The molecule has 1 heterocycles. The van der Waals surface area contributed by atoms with Crippen LogP contribution in [0.3, 0.4) is 0 Å². The van der Waals surface area contributed by atoms with Gasteiger partial charge in [-0.15, -0.1) is 11.6 Å². The van der Waals surface area contributed by atoms with Gasteiger partial charge in [-0.3, -0.25) is 4.79 Å². The molecule has 1 amide bonds. The number of aromatic nitrogens is 1. The van der Waals surface area contributed by atoms with E-state index in [1.165, 1.54) is 0 Å². The lowest BCUT2D eigenvalue weighted by molar-refractivity contribution is -0.115. The summed E-state index contributed by atoms with van der Waals surface area (Å²) >= 11 is 11.4. The Labute approximate surface area is 92.4 Å². The van der Waals surface area contributed by atoms with Gasteiger partial charge >= 0.3 is 0 Å². The maximum Gasteiger partial charge on any atom is 0.242 e. The van der Waals surface area contributed by atoms with Crippen LogP contribution in [0.15, 0.2) is 12.3 Å². The van der Waals surface area contributed by atoms with Crippen molar-refractivity contribution in [1.29, 1.82) is 0 Å². The highest BCUT2D eigenvalue weighted by molar-refractivity contribution is 6.34. The Balaban J connectivity index is 2.86. The van der Waals surface area contributed by atoms with Gasteiger partial charge in [0.1, 0.15) is 5.38 Å². The molecule has 5 heteroatoms. The standard InChI is InChI=1S/C9H10Cl2N2O/c1-5-3-7(8(11)12-4-5)13-9(14)6(2)10/h3-4,6H,1-2H3,(H,13,14). The van der Waals surface area contributed by atoms with Crippen LogP contribution in [0.1, 0.15) is 12.5 Å². The summed E-state index contributed by atoms with van der Waals surface area (Å²) in [7, 11) is 0. The SMILES string of the molecule is Cc1cnc(Cl)c(NC(=O)C(C)Cl)c1. The molecule has 0 aliphatic carbocycles. The van der Waals surface area contributed by atoms with Crippen molar-refractivity contribution in [2.45, 2.75) is 19.2 Å². The number of nitrogens with zero attached hydrogens (tertiary/aromatic N) is 1. The fourth-order valence-electron chi connectivity index (χ4n) is 0.872. The molecule has 0 saturated heterocycles. The normalized spacial score (nSPS) is 12.3. The Morgan fingerprint density at radius 1 is 1.64 bits per heavy atom. The number of pyridine rings is 1. The molecule has 1 N–H and O–H groups in total. The minimum Gasteiger partial charge on any atom is -0.322 e. The van der Waals surface area contributed by atoms with Crippen molar-refractivity contribution in [3.63, 3.8) is 0 Å². The third-order valence-corrected chi connectivity index (χ3v) is 2.09. The Morgan fingerprint density at radius 2 is 2.29 bits per heavy atom. The van der Waals surface area contributed by atoms with E-state index < -0.39 is 5.38 Å². The largest absolute Gasteiger partial charge is 0.322 e. The van der Waals surface area contributed by atoms with Gasteiger partial charge in [-0.2, -0.15) is 0 Å². The molecule has 0 spiro atoms. The second kappa shape index (κ2) is 4.62. The lowest BCUT2D eigenvalue weighted by Gasteiger charge is -2.08. The highest BCUT2D eigenvalue weighted by Crippen LogP contribution is 2.20. The van der Waals surface area contributed by atoms with Crippen LogP contribution in [0.25, 0.3) is 0 Å². The Hall–Kier alpha value is -0.800. The first-order valence-electron chi connectivity index (χ1n) is 4.08. The molecule has 76 valence electrons. The Kier molecular flexibility index (Phi) is 3.72. The van der Waals surface area contributed by atoms with E-state index in [1.54, 1.807) is 19.2 Å². The van der Waals surface area contributed by atoms with Crippen molar-refractivity contribution in [1.82, 2.24) is 4.98 Å². The van der Waals surface area contributed by atoms with Gasteiger partial charge in [-0.1, -0.05) is 11.6 Å². The maximum absolute atomic E-state index is 11.2. The van der Waals surface area contributed by atoms with Gasteiger partial charge in [0.2, 0.25) is 5.91 Å². The van der Waals surface area contributed by atoms with Gasteiger partial charge in [0, 0.05) is 6.20 Å². The molecule has 0 aliphatic rings. The van der Waals surface area contributed by atoms with Crippen LogP contribution in [0, 0.1) is 6.92 Å².